The molecule has 0 bridgehead atoms. The summed E-state index contributed by atoms with van der Waals surface area (Å²) in [5, 5.41) is 11.5. The van der Waals surface area contributed by atoms with Crippen LogP contribution in [0.5, 0.6) is 0 Å². The Labute approximate surface area is 156 Å². The maximum absolute atomic E-state index is 13.8. The Morgan fingerprint density at radius 2 is 1.48 bits per heavy atom. The minimum Gasteiger partial charge on any atom is -0.293 e. The first-order valence-corrected chi connectivity index (χ1v) is 8.68. The van der Waals surface area contributed by atoms with Gasteiger partial charge < -0.3 is 0 Å². The molecule has 132 valence electrons. The molecular formula is C23H16F2N2. The van der Waals surface area contributed by atoms with E-state index in [-0.39, 0.29) is 11.6 Å². The first-order chi connectivity index (χ1) is 13.1. The van der Waals surface area contributed by atoms with E-state index >= 15 is 0 Å². The SMILES string of the molecule is N#CNc1cccc(C=C2c3ccc(F)cc3CCc3cc(F)ccc32)c1. The van der Waals surface area contributed by atoms with Crippen molar-refractivity contribution in [3.8, 4) is 6.19 Å². The fourth-order valence-electron chi connectivity index (χ4n) is 3.57. The highest BCUT2D eigenvalue weighted by atomic mass is 19.1. The number of hydrogen-bond acceptors (Lipinski definition) is 2. The molecule has 0 fully saturated rings. The molecular weight excluding hydrogens is 342 g/mol. The Morgan fingerprint density at radius 1 is 0.852 bits per heavy atom. The minimum absolute atomic E-state index is 0.273. The molecule has 27 heavy (non-hydrogen) atoms. The molecule has 0 heterocycles. The van der Waals surface area contributed by atoms with E-state index in [0.29, 0.717) is 18.5 Å². The van der Waals surface area contributed by atoms with Gasteiger partial charge in [0.1, 0.15) is 11.6 Å². The number of hydrogen-bond donors (Lipinski definition) is 1. The molecule has 3 aromatic carbocycles. The molecule has 0 radical (unpaired) electrons. The molecule has 1 aliphatic rings. The smallest absolute Gasteiger partial charge is 0.181 e. The number of nitrogens with one attached hydrogen (secondary N) is 1. The van der Waals surface area contributed by atoms with Gasteiger partial charge in [0.2, 0.25) is 0 Å². The quantitative estimate of drug-likeness (QED) is 0.482. The van der Waals surface area contributed by atoms with Crippen molar-refractivity contribution in [2.75, 3.05) is 5.32 Å². The van der Waals surface area contributed by atoms with Crippen molar-refractivity contribution < 1.29 is 8.78 Å². The molecule has 0 aliphatic heterocycles. The summed E-state index contributed by atoms with van der Waals surface area (Å²) in [4.78, 5) is 0. The Morgan fingerprint density at radius 3 is 2.07 bits per heavy atom. The van der Waals surface area contributed by atoms with Crippen LogP contribution in [0.3, 0.4) is 0 Å². The van der Waals surface area contributed by atoms with Crippen molar-refractivity contribution in [3.05, 3.63) is 100 Å². The second kappa shape index (κ2) is 7.05. The van der Waals surface area contributed by atoms with E-state index < -0.39 is 0 Å². The molecule has 1 aliphatic carbocycles. The van der Waals surface area contributed by atoms with Crippen molar-refractivity contribution in [2.45, 2.75) is 12.8 Å². The fraction of sp³-hybridized carbons (Fsp3) is 0.0870. The monoisotopic (exact) mass is 358 g/mol. The summed E-state index contributed by atoms with van der Waals surface area (Å²) < 4.78 is 27.6. The Kier molecular flexibility index (Phi) is 4.43. The summed E-state index contributed by atoms with van der Waals surface area (Å²) in [5.74, 6) is -0.545. The highest BCUT2D eigenvalue weighted by Crippen LogP contribution is 2.35. The van der Waals surface area contributed by atoms with Crippen LogP contribution in [-0.4, -0.2) is 0 Å². The molecule has 1 N–H and O–H groups in total. The van der Waals surface area contributed by atoms with E-state index in [1.807, 2.05) is 36.5 Å². The molecule has 0 unspecified atom stereocenters. The van der Waals surface area contributed by atoms with Gasteiger partial charge in [-0.05, 0) is 88.7 Å². The molecule has 0 saturated carbocycles. The fourth-order valence-corrected chi connectivity index (χ4v) is 3.57. The predicted molar refractivity (Wildman–Crippen MR) is 103 cm³/mol. The van der Waals surface area contributed by atoms with Crippen molar-refractivity contribution in [3.63, 3.8) is 0 Å². The number of nitrogens with zero attached hydrogens (tertiary/aromatic N) is 1. The van der Waals surface area contributed by atoms with Gasteiger partial charge in [-0.2, -0.15) is 5.26 Å². The third-order valence-electron chi connectivity index (χ3n) is 4.78. The van der Waals surface area contributed by atoms with Crippen LogP contribution in [0.25, 0.3) is 11.6 Å². The average Bonchev–Trinajstić information content (AvgIpc) is 2.79. The molecule has 3 aromatic rings. The van der Waals surface area contributed by atoms with Crippen LogP contribution < -0.4 is 5.32 Å². The lowest BCUT2D eigenvalue weighted by Crippen LogP contribution is -1.94. The number of aryl methyl sites for hydroxylation is 2. The lowest BCUT2D eigenvalue weighted by atomic mass is 9.92. The number of rotatable bonds is 2. The molecule has 0 spiro atoms. The predicted octanol–water partition coefficient (Wildman–Crippen LogP) is 5.55. The first-order valence-electron chi connectivity index (χ1n) is 8.68. The lowest BCUT2D eigenvalue weighted by Gasteiger charge is -2.13. The zero-order chi connectivity index (χ0) is 18.8. The van der Waals surface area contributed by atoms with Gasteiger partial charge >= 0.3 is 0 Å². The third-order valence-corrected chi connectivity index (χ3v) is 4.78. The van der Waals surface area contributed by atoms with E-state index in [4.69, 9.17) is 5.26 Å². The minimum atomic E-state index is -0.273. The Hall–Kier alpha value is -3.45. The number of anilines is 1. The molecule has 2 nitrogen and oxygen atoms in total. The summed E-state index contributed by atoms with van der Waals surface area (Å²) in [6.07, 6.45) is 5.22. The maximum atomic E-state index is 13.8. The van der Waals surface area contributed by atoms with Gasteiger partial charge in [0, 0.05) is 5.69 Å². The van der Waals surface area contributed by atoms with E-state index in [2.05, 4.69) is 5.32 Å². The summed E-state index contributed by atoms with van der Waals surface area (Å²) in [7, 11) is 0. The number of halogens is 2. The summed E-state index contributed by atoms with van der Waals surface area (Å²) in [6, 6.07) is 17.1. The molecule has 4 heteroatoms. The zero-order valence-corrected chi connectivity index (χ0v) is 14.5. The first kappa shape index (κ1) is 17.0. The molecule has 0 atom stereocenters. The average molecular weight is 358 g/mol. The van der Waals surface area contributed by atoms with E-state index in [1.165, 1.54) is 12.1 Å². The van der Waals surface area contributed by atoms with Gasteiger partial charge in [-0.15, -0.1) is 0 Å². The second-order valence-corrected chi connectivity index (χ2v) is 6.52. The summed E-state index contributed by atoms with van der Waals surface area (Å²) in [5.41, 5.74) is 6.22. The number of fused-ring (bicyclic) bond motifs is 2. The zero-order valence-electron chi connectivity index (χ0n) is 14.5. The van der Waals surface area contributed by atoms with Crippen LogP contribution in [-0.2, 0) is 12.8 Å². The van der Waals surface area contributed by atoms with Crippen LogP contribution in [0.4, 0.5) is 14.5 Å². The van der Waals surface area contributed by atoms with Crippen LogP contribution in [0.2, 0.25) is 0 Å². The van der Waals surface area contributed by atoms with Crippen molar-refractivity contribution in [1.82, 2.24) is 0 Å². The van der Waals surface area contributed by atoms with Crippen LogP contribution in [0, 0.1) is 23.1 Å². The number of benzene rings is 3. The largest absolute Gasteiger partial charge is 0.293 e. The van der Waals surface area contributed by atoms with Crippen molar-refractivity contribution >= 4 is 17.3 Å². The maximum Gasteiger partial charge on any atom is 0.181 e. The van der Waals surface area contributed by atoms with Gasteiger partial charge in [-0.1, -0.05) is 24.3 Å². The highest BCUT2D eigenvalue weighted by Gasteiger charge is 2.19. The van der Waals surface area contributed by atoms with E-state index in [9.17, 15) is 8.78 Å². The van der Waals surface area contributed by atoms with Crippen LogP contribution in [0.1, 0.15) is 27.8 Å². The van der Waals surface area contributed by atoms with Gasteiger partial charge in [0.05, 0.1) is 0 Å². The molecule has 0 aromatic heterocycles. The third kappa shape index (κ3) is 3.45. The van der Waals surface area contributed by atoms with Crippen molar-refractivity contribution in [2.24, 2.45) is 0 Å². The van der Waals surface area contributed by atoms with Crippen LogP contribution >= 0.6 is 0 Å². The summed E-state index contributed by atoms with van der Waals surface area (Å²) in [6.45, 7) is 0. The van der Waals surface area contributed by atoms with Gasteiger partial charge in [-0.3, -0.25) is 5.32 Å². The lowest BCUT2D eigenvalue weighted by molar-refractivity contribution is 0.623. The molecule has 0 amide bonds. The topological polar surface area (TPSA) is 35.8 Å². The van der Waals surface area contributed by atoms with Crippen molar-refractivity contribution in [1.29, 1.82) is 5.26 Å². The number of nitriles is 1. The van der Waals surface area contributed by atoms with E-state index in [1.54, 1.807) is 24.3 Å². The van der Waals surface area contributed by atoms with Gasteiger partial charge in [0.25, 0.3) is 0 Å². The normalized spacial score (nSPS) is 12.4. The van der Waals surface area contributed by atoms with Gasteiger partial charge in [0.15, 0.2) is 6.19 Å². The highest BCUT2D eigenvalue weighted by molar-refractivity contribution is 5.94. The molecule has 4 rings (SSSR count). The Balaban J connectivity index is 1.93. The molecule has 0 saturated heterocycles. The standard InChI is InChI=1S/C23H16F2N2/c24-18-6-8-21-16(12-18)4-5-17-13-19(25)7-9-22(17)23(21)11-15-2-1-3-20(10-15)27-14-26/h1-3,6-13,27H,4-5H2. The summed E-state index contributed by atoms with van der Waals surface area (Å²) >= 11 is 0. The van der Waals surface area contributed by atoms with Gasteiger partial charge in [-0.25, -0.2) is 8.78 Å². The van der Waals surface area contributed by atoms with E-state index in [0.717, 1.165) is 33.4 Å². The van der Waals surface area contributed by atoms with Crippen LogP contribution in [0.15, 0.2) is 60.7 Å². The Bertz CT molecular complexity index is 1040. The second-order valence-electron chi connectivity index (χ2n) is 6.52.